The fourth-order valence-electron chi connectivity index (χ4n) is 3.25. The van der Waals surface area contributed by atoms with Gasteiger partial charge in [-0.3, -0.25) is 0 Å². The van der Waals surface area contributed by atoms with Crippen molar-refractivity contribution < 1.29 is 29.2 Å². The van der Waals surface area contributed by atoms with E-state index in [9.17, 15) is 10.2 Å². The molecule has 2 saturated heterocycles. The lowest BCUT2D eigenvalue weighted by atomic mass is 9.98. The van der Waals surface area contributed by atoms with Crippen molar-refractivity contribution in [2.75, 3.05) is 6.61 Å². The second-order valence-electron chi connectivity index (χ2n) is 6.50. The van der Waals surface area contributed by atoms with Gasteiger partial charge in [-0.05, 0) is 5.56 Å². The van der Waals surface area contributed by atoms with Crippen molar-refractivity contribution in [3.05, 3.63) is 71.8 Å². The summed E-state index contributed by atoms with van der Waals surface area (Å²) in [6.07, 6.45) is -5.04. The molecule has 0 radical (unpaired) electrons. The summed E-state index contributed by atoms with van der Waals surface area (Å²) in [5.74, 6) is 0. The summed E-state index contributed by atoms with van der Waals surface area (Å²) in [6.45, 7) is 0.528. The first kappa shape index (κ1) is 17.6. The molecule has 2 N–H and O–H groups in total. The van der Waals surface area contributed by atoms with Crippen LogP contribution in [0.3, 0.4) is 0 Å². The lowest BCUT2D eigenvalue weighted by Gasteiger charge is -2.46. The van der Waals surface area contributed by atoms with Crippen LogP contribution in [0.25, 0.3) is 0 Å². The average Bonchev–Trinajstić information content (AvgIpc) is 2.71. The molecule has 4 rings (SSSR count). The van der Waals surface area contributed by atoms with Gasteiger partial charge in [-0.1, -0.05) is 60.7 Å². The van der Waals surface area contributed by atoms with Gasteiger partial charge in [0.2, 0.25) is 0 Å². The molecule has 0 spiro atoms. The van der Waals surface area contributed by atoms with Crippen LogP contribution >= 0.6 is 0 Å². The van der Waals surface area contributed by atoms with Crippen molar-refractivity contribution in [1.82, 2.24) is 0 Å². The number of hydrogen-bond acceptors (Lipinski definition) is 6. The van der Waals surface area contributed by atoms with Crippen molar-refractivity contribution in [1.29, 1.82) is 0 Å². The van der Waals surface area contributed by atoms with Gasteiger partial charge < -0.3 is 29.2 Å². The van der Waals surface area contributed by atoms with Gasteiger partial charge in [0.05, 0.1) is 13.2 Å². The molecule has 6 nitrogen and oxygen atoms in total. The van der Waals surface area contributed by atoms with E-state index in [-0.39, 0.29) is 13.2 Å². The van der Waals surface area contributed by atoms with E-state index in [0.29, 0.717) is 0 Å². The Labute approximate surface area is 151 Å². The molecule has 0 aliphatic carbocycles. The fraction of sp³-hybridized carbons (Fsp3) is 0.400. The molecule has 0 saturated carbocycles. The van der Waals surface area contributed by atoms with Crippen molar-refractivity contribution in [3.63, 3.8) is 0 Å². The van der Waals surface area contributed by atoms with Crippen LogP contribution in [0.5, 0.6) is 0 Å². The fourth-order valence-corrected chi connectivity index (χ4v) is 3.25. The zero-order valence-electron chi connectivity index (χ0n) is 14.2. The number of rotatable bonds is 4. The normalized spacial score (nSPS) is 34.2. The number of aliphatic hydroxyl groups excluding tert-OH is 2. The van der Waals surface area contributed by atoms with E-state index in [0.717, 1.165) is 11.1 Å². The highest BCUT2D eigenvalue weighted by molar-refractivity contribution is 5.17. The van der Waals surface area contributed by atoms with E-state index < -0.39 is 37.0 Å². The summed E-state index contributed by atoms with van der Waals surface area (Å²) in [7, 11) is 0. The van der Waals surface area contributed by atoms with Gasteiger partial charge in [0.15, 0.2) is 12.6 Å². The monoisotopic (exact) mass is 358 g/mol. The number of hydrogen-bond donors (Lipinski definition) is 2. The molecule has 2 aliphatic heterocycles. The maximum absolute atomic E-state index is 10.5. The molecule has 2 aromatic rings. The molecule has 2 heterocycles. The van der Waals surface area contributed by atoms with E-state index in [1.165, 1.54) is 0 Å². The van der Waals surface area contributed by atoms with Crippen molar-refractivity contribution in [3.8, 4) is 0 Å². The Kier molecular flexibility index (Phi) is 5.31. The van der Waals surface area contributed by atoms with Gasteiger partial charge >= 0.3 is 0 Å². The van der Waals surface area contributed by atoms with Gasteiger partial charge in [0.25, 0.3) is 0 Å². The maximum atomic E-state index is 10.5. The van der Waals surface area contributed by atoms with E-state index >= 15 is 0 Å². The minimum Gasteiger partial charge on any atom is -0.387 e. The van der Waals surface area contributed by atoms with Crippen LogP contribution < -0.4 is 0 Å². The summed E-state index contributed by atoms with van der Waals surface area (Å²) < 4.78 is 23.1. The van der Waals surface area contributed by atoms with Crippen LogP contribution in [-0.2, 0) is 25.6 Å². The number of ether oxygens (including phenoxy) is 4. The Morgan fingerprint density at radius 2 is 1.58 bits per heavy atom. The minimum atomic E-state index is -1.20. The summed E-state index contributed by atoms with van der Waals surface area (Å²) in [4.78, 5) is 0. The standard InChI is InChI=1S/C20H22O6/c21-16-17(22)20(23-11-13-7-3-1-4-8-13)25-15-12-24-19(26-18(15)16)14-9-5-2-6-10-14/h1-10,15-22H,11-12H2/t15-,16-,17-,18+,19-,20-/m1/s1. The Hall–Kier alpha value is -1.80. The highest BCUT2D eigenvalue weighted by Gasteiger charge is 2.49. The molecule has 26 heavy (non-hydrogen) atoms. The van der Waals surface area contributed by atoms with Gasteiger partial charge in [-0.25, -0.2) is 0 Å². The zero-order chi connectivity index (χ0) is 17.9. The Bertz CT molecular complexity index is 692. The van der Waals surface area contributed by atoms with E-state index in [1.807, 2.05) is 60.7 Å². The van der Waals surface area contributed by atoms with Crippen molar-refractivity contribution >= 4 is 0 Å². The number of aliphatic hydroxyl groups is 2. The molecule has 0 unspecified atom stereocenters. The first-order valence-electron chi connectivity index (χ1n) is 8.71. The molecule has 0 amide bonds. The quantitative estimate of drug-likeness (QED) is 0.867. The van der Waals surface area contributed by atoms with E-state index in [1.54, 1.807) is 0 Å². The third kappa shape index (κ3) is 3.66. The third-order valence-electron chi connectivity index (χ3n) is 4.66. The van der Waals surface area contributed by atoms with Crippen LogP contribution in [0.2, 0.25) is 0 Å². The Morgan fingerprint density at radius 1 is 0.885 bits per heavy atom. The van der Waals surface area contributed by atoms with Gasteiger partial charge in [0.1, 0.15) is 24.4 Å². The maximum Gasteiger partial charge on any atom is 0.187 e. The summed E-state index contributed by atoms with van der Waals surface area (Å²) in [5, 5.41) is 20.9. The first-order chi connectivity index (χ1) is 12.7. The van der Waals surface area contributed by atoms with Crippen LogP contribution in [-0.4, -0.2) is 47.5 Å². The number of fused-ring (bicyclic) bond motifs is 1. The highest BCUT2D eigenvalue weighted by Crippen LogP contribution is 2.34. The third-order valence-corrected chi connectivity index (χ3v) is 4.66. The van der Waals surface area contributed by atoms with Crippen LogP contribution in [0.15, 0.2) is 60.7 Å². The number of benzene rings is 2. The molecule has 2 aromatic carbocycles. The van der Waals surface area contributed by atoms with Crippen LogP contribution in [0, 0.1) is 0 Å². The van der Waals surface area contributed by atoms with Crippen molar-refractivity contribution in [2.45, 2.75) is 43.6 Å². The average molecular weight is 358 g/mol. The first-order valence-corrected chi connectivity index (χ1v) is 8.71. The predicted octanol–water partition coefficient (Wildman–Crippen LogP) is 1.76. The predicted molar refractivity (Wildman–Crippen MR) is 91.9 cm³/mol. The lowest BCUT2D eigenvalue weighted by Crippen LogP contribution is -2.62. The zero-order valence-corrected chi connectivity index (χ0v) is 14.2. The van der Waals surface area contributed by atoms with E-state index in [4.69, 9.17) is 18.9 Å². The molecule has 0 bridgehead atoms. The highest BCUT2D eigenvalue weighted by atomic mass is 16.8. The smallest absolute Gasteiger partial charge is 0.187 e. The Balaban J connectivity index is 1.40. The minimum absolute atomic E-state index is 0.249. The van der Waals surface area contributed by atoms with Crippen LogP contribution in [0.4, 0.5) is 0 Å². The molecule has 138 valence electrons. The van der Waals surface area contributed by atoms with Crippen molar-refractivity contribution in [2.24, 2.45) is 0 Å². The van der Waals surface area contributed by atoms with Gasteiger partial charge in [0, 0.05) is 5.56 Å². The topological polar surface area (TPSA) is 77.4 Å². The summed E-state index contributed by atoms with van der Waals surface area (Å²) >= 11 is 0. The molecule has 2 fully saturated rings. The summed E-state index contributed by atoms with van der Waals surface area (Å²) in [5.41, 5.74) is 1.82. The SMILES string of the molecule is O[C@@H]1[C@@H](O)[C@H](OCc2ccccc2)O[C@@H]2CO[C@@H](c3ccccc3)O[C@H]12. The summed E-state index contributed by atoms with van der Waals surface area (Å²) in [6, 6.07) is 19.1. The Morgan fingerprint density at radius 3 is 2.31 bits per heavy atom. The molecular formula is C20H22O6. The molecule has 0 aromatic heterocycles. The molecule has 2 aliphatic rings. The molecule has 6 heteroatoms. The molecule has 6 atom stereocenters. The van der Waals surface area contributed by atoms with Gasteiger partial charge in [-0.2, -0.15) is 0 Å². The van der Waals surface area contributed by atoms with Crippen LogP contribution in [0.1, 0.15) is 17.4 Å². The van der Waals surface area contributed by atoms with E-state index in [2.05, 4.69) is 0 Å². The second-order valence-corrected chi connectivity index (χ2v) is 6.50. The van der Waals surface area contributed by atoms with Gasteiger partial charge in [-0.15, -0.1) is 0 Å². The second kappa shape index (κ2) is 7.84. The molecular weight excluding hydrogens is 336 g/mol. The largest absolute Gasteiger partial charge is 0.387 e. The lowest BCUT2D eigenvalue weighted by molar-refractivity contribution is -0.362.